The molecule has 0 aliphatic carbocycles. The van der Waals surface area contributed by atoms with E-state index in [-0.39, 0.29) is 11.3 Å². The number of aliphatic hydroxyl groups is 6. The zero-order valence-corrected chi connectivity index (χ0v) is 17.4. The minimum Gasteiger partial charge on any atom is -0.496 e. The molecule has 12 heteroatoms. The summed E-state index contributed by atoms with van der Waals surface area (Å²) < 4.78 is 26.4. The van der Waals surface area contributed by atoms with Crippen molar-refractivity contribution in [1.82, 2.24) is 0 Å². The summed E-state index contributed by atoms with van der Waals surface area (Å²) in [5, 5.41) is 60.2. The molecular weight excluding hydrogens is 432 g/mol. The molecular formula is C20H28O12. The van der Waals surface area contributed by atoms with E-state index < -0.39 is 74.0 Å². The van der Waals surface area contributed by atoms with Crippen LogP contribution in [0.4, 0.5) is 0 Å². The van der Waals surface area contributed by atoms with E-state index in [1.54, 1.807) is 12.1 Å². The van der Waals surface area contributed by atoms with Crippen LogP contribution in [0.25, 0.3) is 0 Å². The lowest BCUT2D eigenvalue weighted by molar-refractivity contribution is -0.321. The van der Waals surface area contributed by atoms with Crippen LogP contribution in [-0.2, 0) is 18.9 Å². The molecule has 0 bridgehead atoms. The molecule has 3 rings (SSSR count). The summed E-state index contributed by atoms with van der Waals surface area (Å²) in [6, 6.07) is 6.19. The lowest BCUT2D eigenvalue weighted by Crippen LogP contribution is -2.61. The first-order valence-corrected chi connectivity index (χ1v) is 10.0. The number of carbonyl (C=O) groups excluding carboxylic acids is 1. The minimum absolute atomic E-state index is 0.0551. The van der Waals surface area contributed by atoms with Crippen molar-refractivity contribution in [3.63, 3.8) is 0 Å². The Labute approximate surface area is 183 Å². The number of benzene rings is 1. The molecule has 2 heterocycles. The fraction of sp³-hybridized carbons (Fsp3) is 0.650. The normalized spacial score (nSPS) is 40.0. The van der Waals surface area contributed by atoms with Crippen LogP contribution in [0.2, 0.25) is 0 Å². The van der Waals surface area contributed by atoms with Gasteiger partial charge in [0.15, 0.2) is 6.29 Å². The van der Waals surface area contributed by atoms with Crippen LogP contribution in [0.5, 0.6) is 5.75 Å². The molecule has 6 N–H and O–H groups in total. The van der Waals surface area contributed by atoms with Crippen LogP contribution in [0.3, 0.4) is 0 Å². The van der Waals surface area contributed by atoms with Gasteiger partial charge in [0.25, 0.3) is 0 Å². The number of methoxy groups -OCH3 is 1. The summed E-state index contributed by atoms with van der Waals surface area (Å²) in [6.45, 7) is 1.00. The molecule has 2 aliphatic rings. The van der Waals surface area contributed by atoms with Gasteiger partial charge >= 0.3 is 5.97 Å². The van der Waals surface area contributed by atoms with Crippen molar-refractivity contribution in [3.05, 3.63) is 29.8 Å². The maximum atomic E-state index is 12.5. The zero-order valence-electron chi connectivity index (χ0n) is 17.4. The van der Waals surface area contributed by atoms with Gasteiger partial charge in [0.1, 0.15) is 54.0 Å². The number of carbonyl (C=O) groups is 1. The Kier molecular flexibility index (Phi) is 8.03. The van der Waals surface area contributed by atoms with Crippen LogP contribution in [0.1, 0.15) is 17.3 Å². The van der Waals surface area contributed by atoms with Crippen molar-refractivity contribution in [2.75, 3.05) is 13.7 Å². The summed E-state index contributed by atoms with van der Waals surface area (Å²) in [4.78, 5) is 12.5. The molecule has 32 heavy (non-hydrogen) atoms. The van der Waals surface area contributed by atoms with E-state index >= 15 is 0 Å². The van der Waals surface area contributed by atoms with E-state index in [0.29, 0.717) is 0 Å². The van der Waals surface area contributed by atoms with Gasteiger partial charge in [0.2, 0.25) is 6.29 Å². The van der Waals surface area contributed by atoms with E-state index in [1.807, 2.05) is 0 Å². The first-order chi connectivity index (χ1) is 15.1. The first-order valence-electron chi connectivity index (χ1n) is 10.0. The molecule has 0 spiro atoms. The number of hydrogen-bond acceptors (Lipinski definition) is 12. The van der Waals surface area contributed by atoms with Crippen molar-refractivity contribution in [1.29, 1.82) is 0 Å². The summed E-state index contributed by atoms with van der Waals surface area (Å²) in [6.07, 6.45) is -14.7. The molecule has 2 fully saturated rings. The van der Waals surface area contributed by atoms with E-state index in [1.165, 1.54) is 26.2 Å². The monoisotopic (exact) mass is 460 g/mol. The summed E-state index contributed by atoms with van der Waals surface area (Å²) in [7, 11) is 1.37. The highest BCUT2D eigenvalue weighted by molar-refractivity contribution is 5.92. The predicted octanol–water partition coefficient (Wildman–Crippen LogP) is -2.50. The van der Waals surface area contributed by atoms with Crippen LogP contribution in [0, 0.1) is 0 Å². The molecule has 10 atom stereocenters. The van der Waals surface area contributed by atoms with Gasteiger partial charge in [-0.1, -0.05) is 12.1 Å². The number of rotatable bonds is 6. The van der Waals surface area contributed by atoms with Crippen LogP contribution < -0.4 is 4.74 Å². The SMILES string of the molecule is COc1ccccc1C(=O)O[C@@H]1O[C@H](CO[C@@H]2O[C@@H](C)[C@H](O)[C@@H](O)[C@H]2O)[C@@H](O)[C@H](O)[C@H]1O. The predicted molar refractivity (Wildman–Crippen MR) is 103 cm³/mol. The minimum atomic E-state index is -1.76. The zero-order chi connectivity index (χ0) is 23.6. The fourth-order valence-corrected chi connectivity index (χ4v) is 3.47. The first kappa shape index (κ1) is 24.8. The number of aliphatic hydroxyl groups excluding tert-OH is 6. The second-order valence-electron chi connectivity index (χ2n) is 7.63. The van der Waals surface area contributed by atoms with Gasteiger partial charge in [-0.25, -0.2) is 4.79 Å². The van der Waals surface area contributed by atoms with Gasteiger partial charge < -0.3 is 54.3 Å². The van der Waals surface area contributed by atoms with Gasteiger partial charge in [0.05, 0.1) is 19.8 Å². The summed E-state index contributed by atoms with van der Waals surface area (Å²) >= 11 is 0. The van der Waals surface area contributed by atoms with Gasteiger partial charge in [-0.3, -0.25) is 0 Å². The lowest BCUT2D eigenvalue weighted by Gasteiger charge is -2.42. The smallest absolute Gasteiger partial charge is 0.344 e. The van der Waals surface area contributed by atoms with E-state index in [4.69, 9.17) is 23.7 Å². The van der Waals surface area contributed by atoms with Crippen molar-refractivity contribution >= 4 is 5.97 Å². The molecule has 0 unspecified atom stereocenters. The molecule has 0 aromatic heterocycles. The third-order valence-electron chi connectivity index (χ3n) is 5.45. The van der Waals surface area contributed by atoms with Crippen LogP contribution in [0.15, 0.2) is 24.3 Å². The molecule has 1 aromatic carbocycles. The maximum absolute atomic E-state index is 12.5. The van der Waals surface area contributed by atoms with E-state index in [2.05, 4.69) is 0 Å². The standard InChI is InChI=1S/C20H28O12/c1-8-12(21)14(23)16(25)19(30-8)29-7-11-13(22)15(24)17(26)20(31-11)32-18(27)9-5-3-4-6-10(9)28-2/h3-6,8,11-17,19-26H,7H2,1-2H3/t8-,11+,12-,13+,14+,15-,16+,17+,19+,20-/m0/s1. The molecule has 0 amide bonds. The molecule has 180 valence electrons. The molecule has 0 saturated carbocycles. The van der Waals surface area contributed by atoms with Gasteiger partial charge in [-0.05, 0) is 19.1 Å². The number of ether oxygens (including phenoxy) is 5. The molecule has 2 aliphatic heterocycles. The van der Waals surface area contributed by atoms with Gasteiger partial charge in [-0.2, -0.15) is 0 Å². The highest BCUT2D eigenvalue weighted by Gasteiger charge is 2.47. The average molecular weight is 460 g/mol. The molecule has 1 aromatic rings. The van der Waals surface area contributed by atoms with Crippen molar-refractivity contribution in [3.8, 4) is 5.75 Å². The quantitative estimate of drug-likeness (QED) is 0.246. The Morgan fingerprint density at radius 2 is 1.50 bits per heavy atom. The number of hydrogen-bond donors (Lipinski definition) is 6. The fourth-order valence-electron chi connectivity index (χ4n) is 3.47. The van der Waals surface area contributed by atoms with Gasteiger partial charge in [0, 0.05) is 0 Å². The van der Waals surface area contributed by atoms with E-state index in [0.717, 1.165) is 0 Å². The van der Waals surface area contributed by atoms with Crippen LogP contribution in [-0.4, -0.2) is 112 Å². The Morgan fingerprint density at radius 3 is 2.19 bits per heavy atom. The van der Waals surface area contributed by atoms with E-state index in [9.17, 15) is 35.4 Å². The Bertz CT molecular complexity index is 775. The molecule has 12 nitrogen and oxygen atoms in total. The summed E-state index contributed by atoms with van der Waals surface area (Å²) in [5.41, 5.74) is 0.0551. The topological polar surface area (TPSA) is 185 Å². The lowest BCUT2D eigenvalue weighted by atomic mass is 9.98. The maximum Gasteiger partial charge on any atom is 0.344 e. The van der Waals surface area contributed by atoms with Crippen molar-refractivity contribution < 1.29 is 59.1 Å². The van der Waals surface area contributed by atoms with Crippen molar-refractivity contribution in [2.45, 2.75) is 68.3 Å². The Balaban J connectivity index is 1.65. The summed E-state index contributed by atoms with van der Waals surface area (Å²) in [5.74, 6) is -0.673. The second kappa shape index (κ2) is 10.4. The Morgan fingerprint density at radius 1 is 0.875 bits per heavy atom. The van der Waals surface area contributed by atoms with Crippen LogP contribution >= 0.6 is 0 Å². The third-order valence-corrected chi connectivity index (χ3v) is 5.45. The molecule has 2 saturated heterocycles. The molecule has 0 radical (unpaired) electrons. The third kappa shape index (κ3) is 5.03. The largest absolute Gasteiger partial charge is 0.496 e. The Hall–Kier alpha value is -1.87. The highest BCUT2D eigenvalue weighted by Crippen LogP contribution is 2.27. The van der Waals surface area contributed by atoms with Crippen molar-refractivity contribution in [2.24, 2.45) is 0 Å². The second-order valence-corrected chi connectivity index (χ2v) is 7.63. The highest BCUT2D eigenvalue weighted by atomic mass is 16.7. The van der Waals surface area contributed by atoms with Gasteiger partial charge in [-0.15, -0.1) is 0 Å². The number of para-hydroxylation sites is 1. The number of esters is 1. The average Bonchev–Trinajstić information content (AvgIpc) is 2.79.